The van der Waals surface area contributed by atoms with Gasteiger partial charge in [0.1, 0.15) is 0 Å². The van der Waals surface area contributed by atoms with Gasteiger partial charge in [-0.3, -0.25) is 0 Å². The van der Waals surface area contributed by atoms with E-state index in [1.807, 2.05) is 6.92 Å². The van der Waals surface area contributed by atoms with Crippen LogP contribution in [0.4, 0.5) is 0 Å². The van der Waals surface area contributed by atoms with Gasteiger partial charge >= 0.3 is 0 Å². The highest BCUT2D eigenvalue weighted by Gasteiger charge is 2.32. The van der Waals surface area contributed by atoms with Crippen molar-refractivity contribution < 1.29 is 9.84 Å². The Morgan fingerprint density at radius 3 is 2.60 bits per heavy atom. The Morgan fingerprint density at radius 1 is 1.70 bits per heavy atom. The van der Waals surface area contributed by atoms with Crippen molar-refractivity contribution in [2.24, 2.45) is 0 Å². The maximum Gasteiger partial charge on any atom is 0.0903 e. The summed E-state index contributed by atoms with van der Waals surface area (Å²) in [4.78, 5) is 0. The minimum atomic E-state index is -0.350. The lowest BCUT2D eigenvalue weighted by molar-refractivity contribution is -0.0925. The Morgan fingerprint density at radius 2 is 2.30 bits per heavy atom. The maximum absolute atomic E-state index is 8.89. The number of aliphatic hydroxyl groups excluding tert-OH is 1. The second kappa shape index (κ2) is 2.86. The highest BCUT2D eigenvalue weighted by atomic mass is 16.5. The van der Waals surface area contributed by atoms with Gasteiger partial charge in [0, 0.05) is 13.1 Å². The molecule has 10 heavy (non-hydrogen) atoms. The summed E-state index contributed by atoms with van der Waals surface area (Å²) in [6.45, 7) is 6.03. The van der Waals surface area contributed by atoms with Crippen molar-refractivity contribution in [2.45, 2.75) is 25.6 Å². The van der Waals surface area contributed by atoms with Crippen LogP contribution in [0.15, 0.2) is 0 Å². The average molecular weight is 145 g/mol. The molecule has 3 nitrogen and oxygen atoms in total. The fourth-order valence-corrected chi connectivity index (χ4v) is 0.901. The van der Waals surface area contributed by atoms with Gasteiger partial charge in [0.2, 0.25) is 0 Å². The smallest absolute Gasteiger partial charge is 0.0903 e. The molecule has 1 rings (SSSR count). The van der Waals surface area contributed by atoms with Gasteiger partial charge in [-0.1, -0.05) is 0 Å². The summed E-state index contributed by atoms with van der Waals surface area (Å²) in [5, 5.41) is 12.0. The molecule has 1 unspecified atom stereocenters. The van der Waals surface area contributed by atoms with Gasteiger partial charge in [-0.25, -0.2) is 0 Å². The van der Waals surface area contributed by atoms with Gasteiger partial charge < -0.3 is 15.2 Å². The Balaban J connectivity index is 2.12. The van der Waals surface area contributed by atoms with Crippen LogP contribution in [0.2, 0.25) is 0 Å². The summed E-state index contributed by atoms with van der Waals surface area (Å²) in [6, 6.07) is 0. The molecule has 0 aromatic heterocycles. The van der Waals surface area contributed by atoms with Crippen LogP contribution in [0, 0.1) is 0 Å². The van der Waals surface area contributed by atoms with Crippen LogP contribution in [0.25, 0.3) is 0 Å². The molecule has 1 aliphatic heterocycles. The minimum absolute atomic E-state index is 0.0169. The van der Waals surface area contributed by atoms with Gasteiger partial charge in [0.15, 0.2) is 0 Å². The van der Waals surface area contributed by atoms with Gasteiger partial charge in [-0.2, -0.15) is 0 Å². The Kier molecular flexibility index (Phi) is 2.28. The normalized spacial score (nSPS) is 25.5. The van der Waals surface area contributed by atoms with E-state index in [1.54, 1.807) is 6.92 Å². The van der Waals surface area contributed by atoms with E-state index >= 15 is 0 Å². The van der Waals surface area contributed by atoms with E-state index in [0.29, 0.717) is 6.61 Å². The molecule has 0 saturated carbocycles. The molecule has 0 amide bonds. The first kappa shape index (κ1) is 7.98. The third kappa shape index (κ3) is 1.94. The van der Waals surface area contributed by atoms with Gasteiger partial charge in [-0.15, -0.1) is 0 Å². The van der Waals surface area contributed by atoms with Crippen molar-refractivity contribution in [1.82, 2.24) is 5.32 Å². The van der Waals surface area contributed by atoms with E-state index < -0.39 is 0 Å². The Labute approximate surface area is 61.4 Å². The molecule has 1 aliphatic rings. The highest BCUT2D eigenvalue weighted by molar-refractivity contribution is 4.90. The molecule has 1 atom stereocenters. The molecule has 2 N–H and O–H groups in total. The number of ether oxygens (including phenoxy) is 1. The van der Waals surface area contributed by atoms with E-state index in [9.17, 15) is 0 Å². The van der Waals surface area contributed by atoms with Crippen molar-refractivity contribution in [2.75, 3.05) is 19.7 Å². The third-order valence-corrected chi connectivity index (χ3v) is 1.67. The molecule has 0 spiro atoms. The lowest BCUT2D eigenvalue weighted by atomic mass is 10.0. The average Bonchev–Trinajstić information content (AvgIpc) is 1.79. The topological polar surface area (TPSA) is 41.5 Å². The molecule has 0 aliphatic carbocycles. The van der Waals surface area contributed by atoms with Crippen LogP contribution in [-0.2, 0) is 4.74 Å². The number of hydrogen-bond acceptors (Lipinski definition) is 3. The lowest BCUT2D eigenvalue weighted by Gasteiger charge is -2.39. The largest absolute Gasteiger partial charge is 0.391 e. The predicted molar refractivity (Wildman–Crippen MR) is 38.9 cm³/mol. The number of aliphatic hydroxyl groups is 1. The van der Waals surface area contributed by atoms with Crippen molar-refractivity contribution in [3.63, 3.8) is 0 Å². The van der Waals surface area contributed by atoms with Crippen molar-refractivity contribution >= 4 is 0 Å². The van der Waals surface area contributed by atoms with Crippen molar-refractivity contribution in [3.8, 4) is 0 Å². The molecule has 0 bridgehead atoms. The molecule has 60 valence electrons. The summed E-state index contributed by atoms with van der Waals surface area (Å²) in [6.07, 6.45) is -0.350. The molecule has 0 aromatic rings. The molecular weight excluding hydrogens is 130 g/mol. The predicted octanol–water partition coefficient (Wildman–Crippen LogP) is -0.254. The number of nitrogens with one attached hydrogen (secondary N) is 1. The Hall–Kier alpha value is -0.120. The monoisotopic (exact) mass is 145 g/mol. The van der Waals surface area contributed by atoms with Crippen LogP contribution in [0.1, 0.15) is 13.8 Å². The number of rotatable bonds is 3. The molecule has 0 aromatic carbocycles. The fraction of sp³-hybridized carbons (Fsp3) is 1.00. The van der Waals surface area contributed by atoms with Crippen LogP contribution in [0.5, 0.6) is 0 Å². The fourth-order valence-electron chi connectivity index (χ4n) is 0.901. The first-order valence-electron chi connectivity index (χ1n) is 3.65. The quantitative estimate of drug-likeness (QED) is 0.575. The molecule has 1 saturated heterocycles. The van der Waals surface area contributed by atoms with Gasteiger partial charge in [-0.05, 0) is 13.8 Å². The van der Waals surface area contributed by atoms with Crippen LogP contribution < -0.4 is 5.32 Å². The highest BCUT2D eigenvalue weighted by Crippen LogP contribution is 2.14. The zero-order valence-corrected chi connectivity index (χ0v) is 6.55. The first-order valence-corrected chi connectivity index (χ1v) is 3.65. The minimum Gasteiger partial charge on any atom is -0.391 e. The third-order valence-electron chi connectivity index (χ3n) is 1.67. The summed E-state index contributed by atoms with van der Waals surface area (Å²) in [7, 11) is 0. The van der Waals surface area contributed by atoms with E-state index in [2.05, 4.69) is 5.32 Å². The first-order chi connectivity index (χ1) is 4.62. The van der Waals surface area contributed by atoms with E-state index in [-0.39, 0.29) is 11.7 Å². The molecule has 1 heterocycles. The van der Waals surface area contributed by atoms with E-state index in [1.165, 1.54) is 0 Å². The number of hydrogen-bond donors (Lipinski definition) is 2. The summed E-state index contributed by atoms with van der Waals surface area (Å²) >= 11 is 0. The van der Waals surface area contributed by atoms with Crippen LogP contribution in [0.3, 0.4) is 0 Å². The van der Waals surface area contributed by atoms with Crippen molar-refractivity contribution in [3.05, 3.63) is 0 Å². The SMILES string of the molecule is CC(O)COC1(C)CNC1. The molecule has 3 heteroatoms. The van der Waals surface area contributed by atoms with Gasteiger partial charge in [0.05, 0.1) is 18.3 Å². The molecule has 1 fully saturated rings. The summed E-state index contributed by atoms with van der Waals surface area (Å²) in [5.74, 6) is 0. The molecule has 0 radical (unpaired) electrons. The summed E-state index contributed by atoms with van der Waals surface area (Å²) in [5.41, 5.74) is -0.0169. The van der Waals surface area contributed by atoms with E-state index in [4.69, 9.17) is 9.84 Å². The second-order valence-electron chi connectivity index (χ2n) is 3.21. The zero-order chi connectivity index (χ0) is 7.61. The van der Waals surface area contributed by atoms with Crippen LogP contribution >= 0.6 is 0 Å². The standard InChI is InChI=1S/C7H15NO2/c1-6(9)3-10-7(2)4-8-5-7/h6,8-9H,3-5H2,1-2H3. The second-order valence-corrected chi connectivity index (χ2v) is 3.21. The molecular formula is C7H15NO2. The van der Waals surface area contributed by atoms with Crippen LogP contribution in [-0.4, -0.2) is 36.5 Å². The zero-order valence-electron chi connectivity index (χ0n) is 6.55. The van der Waals surface area contributed by atoms with Gasteiger partial charge in [0.25, 0.3) is 0 Å². The maximum atomic E-state index is 8.89. The van der Waals surface area contributed by atoms with Crippen molar-refractivity contribution in [1.29, 1.82) is 0 Å². The Bertz CT molecular complexity index is 110. The van der Waals surface area contributed by atoms with E-state index in [0.717, 1.165) is 13.1 Å². The summed E-state index contributed by atoms with van der Waals surface area (Å²) < 4.78 is 5.41. The lowest BCUT2D eigenvalue weighted by Crippen LogP contribution is -2.59.